The maximum Gasteiger partial charge on any atom is 0.119 e. The summed E-state index contributed by atoms with van der Waals surface area (Å²) in [5, 5.41) is 10.4. The van der Waals surface area contributed by atoms with Gasteiger partial charge in [-0.3, -0.25) is 4.90 Å². The Morgan fingerprint density at radius 3 is 2.40 bits per heavy atom. The van der Waals surface area contributed by atoms with Gasteiger partial charge in [0.15, 0.2) is 0 Å². The molecule has 25 heavy (non-hydrogen) atoms. The van der Waals surface area contributed by atoms with E-state index in [1.807, 2.05) is 24.3 Å². The lowest BCUT2D eigenvalue weighted by atomic mass is 10.1. The third-order valence-electron chi connectivity index (χ3n) is 4.65. The highest BCUT2D eigenvalue weighted by molar-refractivity contribution is 5.31. The van der Waals surface area contributed by atoms with Gasteiger partial charge in [-0.05, 0) is 55.2 Å². The summed E-state index contributed by atoms with van der Waals surface area (Å²) in [5.74, 6) is 1.54. The van der Waals surface area contributed by atoms with Gasteiger partial charge in [0.05, 0.1) is 7.11 Å². The molecule has 0 spiro atoms. The first-order valence-electron chi connectivity index (χ1n) is 8.89. The average Bonchev–Trinajstić information content (AvgIpc) is 3.47. The first-order chi connectivity index (χ1) is 12.2. The van der Waals surface area contributed by atoms with E-state index in [0.29, 0.717) is 19.2 Å². The molecular weight excluding hydrogens is 314 g/mol. The third-order valence-corrected chi connectivity index (χ3v) is 4.65. The number of nitrogens with zero attached hydrogens (tertiary/aromatic N) is 1. The first kappa shape index (κ1) is 17.8. The minimum Gasteiger partial charge on any atom is -0.497 e. The van der Waals surface area contributed by atoms with Crippen molar-refractivity contribution in [3.63, 3.8) is 0 Å². The highest BCUT2D eigenvalue weighted by Crippen LogP contribution is 2.29. The fraction of sp³-hybridized carbons (Fsp3) is 0.429. The average molecular weight is 341 g/mol. The lowest BCUT2D eigenvalue weighted by Crippen LogP contribution is -2.36. The Bertz CT molecular complexity index is 667. The Morgan fingerprint density at radius 2 is 1.76 bits per heavy atom. The molecule has 2 aromatic rings. The van der Waals surface area contributed by atoms with Crippen LogP contribution in [0.15, 0.2) is 48.5 Å². The van der Waals surface area contributed by atoms with Crippen LogP contribution in [0.2, 0.25) is 0 Å². The van der Waals surface area contributed by atoms with E-state index in [9.17, 15) is 5.11 Å². The van der Waals surface area contributed by atoms with E-state index in [4.69, 9.17) is 9.47 Å². The molecule has 1 atom stereocenters. The van der Waals surface area contributed by atoms with E-state index < -0.39 is 6.10 Å². The molecule has 1 saturated carbocycles. The predicted molar refractivity (Wildman–Crippen MR) is 99.1 cm³/mol. The van der Waals surface area contributed by atoms with Gasteiger partial charge < -0.3 is 14.6 Å². The summed E-state index contributed by atoms with van der Waals surface area (Å²) in [5.41, 5.74) is 2.63. The Hall–Kier alpha value is -2.04. The normalized spacial score (nSPS) is 15.2. The van der Waals surface area contributed by atoms with Crippen LogP contribution in [0, 0.1) is 6.92 Å². The van der Waals surface area contributed by atoms with Gasteiger partial charge in [0.2, 0.25) is 0 Å². The number of methoxy groups -OCH3 is 1. The van der Waals surface area contributed by atoms with Crippen LogP contribution in [0.1, 0.15) is 24.0 Å². The molecule has 0 bridgehead atoms. The molecule has 1 fully saturated rings. The maximum absolute atomic E-state index is 10.4. The summed E-state index contributed by atoms with van der Waals surface area (Å²) in [6, 6.07) is 16.5. The summed E-state index contributed by atoms with van der Waals surface area (Å²) in [7, 11) is 1.64. The second kappa shape index (κ2) is 8.37. The van der Waals surface area contributed by atoms with Crippen LogP contribution in [0.4, 0.5) is 0 Å². The standard InChI is InChI=1S/C21H27NO3/c1-16-5-3-4-6-17(16)13-22(18-7-8-18)14-19(23)15-25-21-11-9-20(24-2)10-12-21/h3-6,9-12,18-19,23H,7-8,13-15H2,1-2H3. The van der Waals surface area contributed by atoms with Crippen molar-refractivity contribution >= 4 is 0 Å². The van der Waals surface area contributed by atoms with Gasteiger partial charge in [-0.2, -0.15) is 0 Å². The van der Waals surface area contributed by atoms with Crippen LogP contribution in [0.3, 0.4) is 0 Å². The summed E-state index contributed by atoms with van der Waals surface area (Å²) in [6.45, 7) is 3.96. The fourth-order valence-corrected chi connectivity index (χ4v) is 2.98. The van der Waals surface area contributed by atoms with E-state index >= 15 is 0 Å². The Labute approximate surface area is 150 Å². The van der Waals surface area contributed by atoms with Crippen molar-refractivity contribution in [3.8, 4) is 11.5 Å². The van der Waals surface area contributed by atoms with Gasteiger partial charge in [0.1, 0.15) is 24.2 Å². The molecule has 1 unspecified atom stereocenters. The highest BCUT2D eigenvalue weighted by atomic mass is 16.5. The van der Waals surface area contributed by atoms with Crippen molar-refractivity contribution in [2.24, 2.45) is 0 Å². The van der Waals surface area contributed by atoms with Crippen LogP contribution in [0.5, 0.6) is 11.5 Å². The molecule has 0 radical (unpaired) electrons. The summed E-state index contributed by atoms with van der Waals surface area (Å²) in [6.07, 6.45) is 1.93. The van der Waals surface area contributed by atoms with E-state index in [-0.39, 0.29) is 0 Å². The molecule has 0 aromatic heterocycles. The van der Waals surface area contributed by atoms with E-state index in [2.05, 4.69) is 36.1 Å². The smallest absolute Gasteiger partial charge is 0.119 e. The molecule has 134 valence electrons. The van der Waals surface area contributed by atoms with Crippen LogP contribution in [0.25, 0.3) is 0 Å². The maximum atomic E-state index is 10.4. The van der Waals surface area contributed by atoms with Gasteiger partial charge in [-0.1, -0.05) is 24.3 Å². The number of hydrogen-bond donors (Lipinski definition) is 1. The summed E-state index contributed by atoms with van der Waals surface area (Å²) in [4.78, 5) is 2.38. The zero-order valence-corrected chi connectivity index (χ0v) is 15.0. The van der Waals surface area contributed by atoms with Crippen molar-refractivity contribution in [2.75, 3.05) is 20.3 Å². The molecule has 1 aliphatic carbocycles. The van der Waals surface area contributed by atoms with Crippen LogP contribution < -0.4 is 9.47 Å². The molecule has 0 aliphatic heterocycles. The molecule has 4 nitrogen and oxygen atoms in total. The number of rotatable bonds is 9. The summed E-state index contributed by atoms with van der Waals surface area (Å²) < 4.78 is 10.8. The third kappa shape index (κ3) is 5.21. The van der Waals surface area contributed by atoms with E-state index in [0.717, 1.165) is 18.0 Å². The van der Waals surface area contributed by atoms with E-state index in [1.54, 1.807) is 7.11 Å². The molecule has 1 aliphatic rings. The van der Waals surface area contributed by atoms with Crippen LogP contribution >= 0.6 is 0 Å². The minimum absolute atomic E-state index is 0.295. The number of aliphatic hydroxyl groups excluding tert-OH is 1. The molecule has 2 aromatic carbocycles. The lowest BCUT2D eigenvalue weighted by molar-refractivity contribution is 0.0625. The van der Waals surface area contributed by atoms with Gasteiger partial charge >= 0.3 is 0 Å². The summed E-state index contributed by atoms with van der Waals surface area (Å²) >= 11 is 0. The number of hydrogen-bond acceptors (Lipinski definition) is 4. The van der Waals surface area contributed by atoms with Gasteiger partial charge in [0.25, 0.3) is 0 Å². The van der Waals surface area contributed by atoms with Crippen molar-refractivity contribution in [2.45, 2.75) is 38.5 Å². The Morgan fingerprint density at radius 1 is 1.08 bits per heavy atom. The molecule has 0 saturated heterocycles. The number of ether oxygens (including phenoxy) is 2. The lowest BCUT2D eigenvalue weighted by Gasteiger charge is -2.25. The number of aryl methyl sites for hydroxylation is 1. The van der Waals surface area contributed by atoms with Crippen molar-refractivity contribution in [1.82, 2.24) is 4.90 Å². The van der Waals surface area contributed by atoms with Gasteiger partial charge in [0, 0.05) is 19.1 Å². The van der Waals surface area contributed by atoms with Crippen molar-refractivity contribution in [1.29, 1.82) is 0 Å². The SMILES string of the molecule is COc1ccc(OCC(O)CN(Cc2ccccc2C)C2CC2)cc1. The molecule has 1 N–H and O–H groups in total. The second-order valence-corrected chi connectivity index (χ2v) is 6.73. The van der Waals surface area contributed by atoms with Crippen molar-refractivity contribution < 1.29 is 14.6 Å². The fourth-order valence-electron chi connectivity index (χ4n) is 2.98. The topological polar surface area (TPSA) is 41.9 Å². The zero-order valence-electron chi connectivity index (χ0n) is 15.0. The molecule has 4 heteroatoms. The van der Waals surface area contributed by atoms with Gasteiger partial charge in [-0.25, -0.2) is 0 Å². The van der Waals surface area contributed by atoms with Crippen molar-refractivity contribution in [3.05, 3.63) is 59.7 Å². The largest absolute Gasteiger partial charge is 0.497 e. The van der Waals surface area contributed by atoms with Crippen LogP contribution in [-0.4, -0.2) is 42.4 Å². The number of aliphatic hydroxyl groups is 1. The molecular formula is C21H27NO3. The van der Waals surface area contributed by atoms with E-state index in [1.165, 1.54) is 24.0 Å². The van der Waals surface area contributed by atoms with Crippen LogP contribution in [-0.2, 0) is 6.54 Å². The quantitative estimate of drug-likeness (QED) is 0.759. The molecule has 3 rings (SSSR count). The predicted octanol–water partition coefficient (Wildman–Crippen LogP) is 3.41. The minimum atomic E-state index is -0.508. The highest BCUT2D eigenvalue weighted by Gasteiger charge is 2.30. The first-order valence-corrected chi connectivity index (χ1v) is 8.89. The van der Waals surface area contributed by atoms with Gasteiger partial charge in [-0.15, -0.1) is 0 Å². The number of benzene rings is 2. The Kier molecular flexibility index (Phi) is 5.95. The molecule has 0 amide bonds. The zero-order chi connectivity index (χ0) is 17.6. The Balaban J connectivity index is 1.52. The monoisotopic (exact) mass is 341 g/mol. The second-order valence-electron chi connectivity index (χ2n) is 6.73. The molecule has 0 heterocycles.